The van der Waals surface area contributed by atoms with E-state index in [4.69, 9.17) is 4.74 Å². The second-order valence-electron chi connectivity index (χ2n) is 3.78. The van der Waals surface area contributed by atoms with E-state index < -0.39 is 5.97 Å². The summed E-state index contributed by atoms with van der Waals surface area (Å²) in [5.41, 5.74) is -0.0113. The molecule has 20 heavy (non-hydrogen) atoms. The second kappa shape index (κ2) is 7.59. The van der Waals surface area contributed by atoms with Gasteiger partial charge in [0.05, 0.1) is 13.2 Å². The van der Waals surface area contributed by atoms with Crippen LogP contribution in [-0.4, -0.2) is 42.3 Å². The van der Waals surface area contributed by atoms with E-state index in [1.54, 1.807) is 6.92 Å². The first-order valence-corrected chi connectivity index (χ1v) is 7.00. The molecular weight excluding hydrogens is 282 g/mol. The van der Waals surface area contributed by atoms with Crippen molar-refractivity contribution in [3.63, 3.8) is 0 Å². The molecule has 1 rings (SSSR count). The van der Waals surface area contributed by atoms with Crippen LogP contribution in [-0.2, 0) is 9.53 Å². The number of thiazole rings is 1. The first kappa shape index (κ1) is 16.1. The molecule has 8 heteroatoms. The Hall–Kier alpha value is -1.96. The molecule has 1 heterocycles. The Balaban J connectivity index is 2.84. The van der Waals surface area contributed by atoms with Gasteiger partial charge in [0.25, 0.3) is 0 Å². The largest absolute Gasteiger partial charge is 0.461 e. The molecule has 1 amide bonds. The van der Waals surface area contributed by atoms with Crippen LogP contribution in [0.25, 0.3) is 0 Å². The minimum absolute atomic E-state index is 0.0113. The second-order valence-corrected chi connectivity index (χ2v) is 4.78. The van der Waals surface area contributed by atoms with E-state index in [2.05, 4.69) is 15.6 Å². The minimum atomic E-state index is -0.639. The summed E-state index contributed by atoms with van der Waals surface area (Å²) in [5, 5.41) is 5.73. The summed E-state index contributed by atoms with van der Waals surface area (Å²) < 4.78 is 4.84. The molecule has 110 valence electrons. The smallest absolute Gasteiger partial charge is 0.358 e. The monoisotopic (exact) mass is 299 g/mol. The summed E-state index contributed by atoms with van der Waals surface area (Å²) >= 11 is 1.03. The molecule has 0 atom stereocenters. The summed E-state index contributed by atoms with van der Waals surface area (Å²) in [6, 6.07) is 0. The number of amides is 1. The number of carbonyl (C=O) groups excluding carboxylic acids is 3. The molecule has 0 fully saturated rings. The number of ether oxygens (including phenoxy) is 1. The minimum Gasteiger partial charge on any atom is -0.461 e. The summed E-state index contributed by atoms with van der Waals surface area (Å²) in [6.45, 7) is 5.60. The number of ketones is 1. The molecule has 1 aromatic rings. The van der Waals surface area contributed by atoms with Gasteiger partial charge < -0.3 is 15.4 Å². The average Bonchev–Trinajstić information content (AvgIpc) is 2.81. The molecule has 0 spiro atoms. The first-order chi connectivity index (χ1) is 9.49. The van der Waals surface area contributed by atoms with Crippen molar-refractivity contribution in [2.75, 3.05) is 25.0 Å². The van der Waals surface area contributed by atoms with Crippen LogP contribution < -0.4 is 10.6 Å². The van der Waals surface area contributed by atoms with Gasteiger partial charge in [-0.2, -0.15) is 0 Å². The van der Waals surface area contributed by atoms with E-state index in [-0.39, 0.29) is 35.4 Å². The van der Waals surface area contributed by atoms with Crippen molar-refractivity contribution in [1.82, 2.24) is 10.3 Å². The van der Waals surface area contributed by atoms with Gasteiger partial charge in [-0.1, -0.05) is 11.3 Å². The lowest BCUT2D eigenvalue weighted by atomic mass is 10.3. The van der Waals surface area contributed by atoms with Crippen LogP contribution in [0.2, 0.25) is 0 Å². The van der Waals surface area contributed by atoms with Gasteiger partial charge in [0.2, 0.25) is 5.91 Å². The molecule has 0 radical (unpaired) electrons. The molecule has 0 saturated heterocycles. The van der Waals surface area contributed by atoms with E-state index in [1.165, 1.54) is 6.92 Å². The maximum absolute atomic E-state index is 11.7. The summed E-state index contributed by atoms with van der Waals surface area (Å²) in [4.78, 5) is 38.7. The van der Waals surface area contributed by atoms with Crippen molar-refractivity contribution in [3.05, 3.63) is 10.6 Å². The number of esters is 1. The number of likely N-dealkylation sites (N-methyl/N-ethyl adjacent to an activating group) is 1. The fraction of sp³-hybridized carbons (Fsp3) is 0.500. The molecule has 0 saturated carbocycles. The molecule has 0 bridgehead atoms. The third kappa shape index (κ3) is 4.30. The van der Waals surface area contributed by atoms with Gasteiger partial charge in [-0.3, -0.25) is 9.59 Å². The fourth-order valence-electron chi connectivity index (χ4n) is 1.39. The Bertz CT molecular complexity index is 513. The molecule has 0 aliphatic rings. The highest BCUT2D eigenvalue weighted by Crippen LogP contribution is 2.24. The zero-order chi connectivity index (χ0) is 15.1. The Labute approximate surface area is 120 Å². The molecule has 2 N–H and O–H groups in total. The number of hydrogen-bond acceptors (Lipinski definition) is 7. The summed E-state index contributed by atoms with van der Waals surface area (Å²) in [5.74, 6) is -1.10. The van der Waals surface area contributed by atoms with E-state index in [0.717, 1.165) is 11.3 Å². The summed E-state index contributed by atoms with van der Waals surface area (Å²) in [7, 11) is 0. The summed E-state index contributed by atoms with van der Waals surface area (Å²) in [6.07, 6.45) is 0. The molecular formula is C12H17N3O4S. The third-order valence-corrected chi connectivity index (χ3v) is 3.30. The first-order valence-electron chi connectivity index (χ1n) is 6.19. The Morgan fingerprint density at radius 3 is 2.55 bits per heavy atom. The van der Waals surface area contributed by atoms with Crippen LogP contribution in [0.1, 0.15) is 40.9 Å². The fourth-order valence-corrected chi connectivity index (χ4v) is 2.23. The standard InChI is InChI=1S/C12H17N3O4S/c1-4-13-8(17)6-14-12-15-9(11(18)19-5-2)10(20-12)7(3)16/h4-6H2,1-3H3,(H,13,17)(H,14,15). The molecule has 1 aromatic heterocycles. The predicted molar refractivity (Wildman–Crippen MR) is 75.2 cm³/mol. The molecule has 0 unspecified atom stereocenters. The number of anilines is 1. The number of Topliss-reactive ketones (excluding diaryl/α,β-unsaturated/α-hetero) is 1. The van der Waals surface area contributed by atoms with Crippen molar-refractivity contribution < 1.29 is 19.1 Å². The van der Waals surface area contributed by atoms with Gasteiger partial charge in [-0.25, -0.2) is 9.78 Å². The van der Waals surface area contributed by atoms with Crippen LogP contribution in [0, 0.1) is 0 Å². The van der Waals surface area contributed by atoms with Gasteiger partial charge in [-0.15, -0.1) is 0 Å². The SMILES string of the molecule is CCNC(=O)CNc1nc(C(=O)OCC)c(C(C)=O)s1. The highest BCUT2D eigenvalue weighted by atomic mass is 32.1. The highest BCUT2D eigenvalue weighted by Gasteiger charge is 2.22. The zero-order valence-electron chi connectivity index (χ0n) is 11.6. The lowest BCUT2D eigenvalue weighted by Gasteiger charge is -2.02. The average molecular weight is 299 g/mol. The Morgan fingerprint density at radius 2 is 2.00 bits per heavy atom. The quantitative estimate of drug-likeness (QED) is 0.577. The number of carbonyl (C=O) groups is 3. The van der Waals surface area contributed by atoms with Crippen LogP contribution in [0.4, 0.5) is 5.13 Å². The van der Waals surface area contributed by atoms with Crippen molar-refractivity contribution in [3.8, 4) is 0 Å². The van der Waals surface area contributed by atoms with Crippen molar-refractivity contribution in [1.29, 1.82) is 0 Å². The van der Waals surface area contributed by atoms with Gasteiger partial charge in [0, 0.05) is 13.5 Å². The molecule has 0 aliphatic carbocycles. The van der Waals surface area contributed by atoms with E-state index in [1.807, 2.05) is 6.92 Å². The Morgan fingerprint density at radius 1 is 1.30 bits per heavy atom. The van der Waals surface area contributed by atoms with E-state index in [0.29, 0.717) is 11.7 Å². The van der Waals surface area contributed by atoms with Crippen LogP contribution in [0.5, 0.6) is 0 Å². The maximum Gasteiger partial charge on any atom is 0.358 e. The number of aromatic nitrogens is 1. The van der Waals surface area contributed by atoms with Crippen molar-refractivity contribution >= 4 is 34.1 Å². The Kier molecular flexibility index (Phi) is 6.10. The number of rotatable bonds is 7. The van der Waals surface area contributed by atoms with Gasteiger partial charge in [-0.05, 0) is 13.8 Å². The van der Waals surface area contributed by atoms with E-state index >= 15 is 0 Å². The van der Waals surface area contributed by atoms with Gasteiger partial charge >= 0.3 is 5.97 Å². The van der Waals surface area contributed by atoms with Crippen molar-refractivity contribution in [2.45, 2.75) is 20.8 Å². The lowest BCUT2D eigenvalue weighted by Crippen LogP contribution is -2.29. The van der Waals surface area contributed by atoms with Gasteiger partial charge in [0.15, 0.2) is 16.6 Å². The number of nitrogens with one attached hydrogen (secondary N) is 2. The van der Waals surface area contributed by atoms with E-state index in [9.17, 15) is 14.4 Å². The number of nitrogens with zero attached hydrogens (tertiary/aromatic N) is 1. The molecule has 7 nitrogen and oxygen atoms in total. The number of hydrogen-bond donors (Lipinski definition) is 2. The van der Waals surface area contributed by atoms with Gasteiger partial charge in [0.1, 0.15) is 4.88 Å². The van der Waals surface area contributed by atoms with Crippen LogP contribution in [0.15, 0.2) is 0 Å². The van der Waals surface area contributed by atoms with Crippen LogP contribution in [0.3, 0.4) is 0 Å². The molecule has 0 aliphatic heterocycles. The molecule has 0 aromatic carbocycles. The maximum atomic E-state index is 11.7. The van der Waals surface area contributed by atoms with Crippen molar-refractivity contribution in [2.24, 2.45) is 0 Å². The highest BCUT2D eigenvalue weighted by molar-refractivity contribution is 7.17. The predicted octanol–water partition coefficient (Wildman–Crippen LogP) is 1.07. The van der Waals surface area contributed by atoms with Crippen LogP contribution >= 0.6 is 11.3 Å². The third-order valence-electron chi connectivity index (χ3n) is 2.19. The normalized spacial score (nSPS) is 9.95. The lowest BCUT2D eigenvalue weighted by molar-refractivity contribution is -0.119. The topological polar surface area (TPSA) is 97.4 Å². The zero-order valence-corrected chi connectivity index (χ0v) is 12.4.